The lowest BCUT2D eigenvalue weighted by Gasteiger charge is -2.34. The van der Waals surface area contributed by atoms with Crippen molar-refractivity contribution in [3.05, 3.63) is 70.2 Å². The molecule has 2 atom stereocenters. The minimum atomic E-state index is 0.260. The van der Waals surface area contributed by atoms with Gasteiger partial charge in [-0.2, -0.15) is 0 Å². The molecule has 0 bridgehead atoms. The fourth-order valence-corrected chi connectivity index (χ4v) is 3.51. The van der Waals surface area contributed by atoms with E-state index >= 15 is 0 Å². The maximum Gasteiger partial charge on any atom is 0.0582 e. The lowest BCUT2D eigenvalue weighted by Crippen LogP contribution is -2.40. The molecular formula is C19H22ClN. The van der Waals surface area contributed by atoms with Gasteiger partial charge in [-0.1, -0.05) is 73.8 Å². The molecule has 1 N–H and O–H groups in total. The molecule has 0 aromatic heterocycles. The number of benzene rings is 2. The van der Waals surface area contributed by atoms with Crippen molar-refractivity contribution in [2.45, 2.75) is 44.7 Å². The number of fused-ring (bicyclic) bond motifs is 1. The molecule has 1 aliphatic rings. The van der Waals surface area contributed by atoms with Crippen LogP contribution in [0.15, 0.2) is 48.5 Å². The summed E-state index contributed by atoms with van der Waals surface area (Å²) in [6.45, 7) is 2.25. The summed E-state index contributed by atoms with van der Waals surface area (Å²) in [5.74, 6) is 0. The number of hydrogen-bond acceptors (Lipinski definition) is 1. The Kier molecular flexibility index (Phi) is 4.62. The van der Waals surface area contributed by atoms with Gasteiger partial charge in [0.05, 0.1) is 6.04 Å². The van der Waals surface area contributed by atoms with Gasteiger partial charge in [-0.05, 0) is 35.6 Å². The van der Waals surface area contributed by atoms with Crippen LogP contribution in [0.4, 0.5) is 0 Å². The topological polar surface area (TPSA) is 12.0 Å². The summed E-state index contributed by atoms with van der Waals surface area (Å²) in [5, 5.41) is 4.74. The van der Waals surface area contributed by atoms with Gasteiger partial charge < -0.3 is 5.32 Å². The van der Waals surface area contributed by atoms with Gasteiger partial charge in [-0.25, -0.2) is 0 Å². The Balaban J connectivity index is 1.97. The minimum Gasteiger partial charge on any atom is -0.303 e. The second kappa shape index (κ2) is 6.64. The van der Waals surface area contributed by atoms with E-state index in [9.17, 15) is 0 Å². The van der Waals surface area contributed by atoms with Crippen LogP contribution in [0, 0.1) is 0 Å². The first kappa shape index (κ1) is 14.6. The van der Waals surface area contributed by atoms with Gasteiger partial charge in [0.25, 0.3) is 0 Å². The zero-order valence-electron chi connectivity index (χ0n) is 12.5. The van der Waals surface area contributed by atoms with Crippen LogP contribution < -0.4 is 5.32 Å². The maximum absolute atomic E-state index is 6.47. The molecule has 0 aliphatic carbocycles. The predicted octanol–water partition coefficient (Wildman–Crippen LogP) is 5.13. The van der Waals surface area contributed by atoms with Crippen LogP contribution >= 0.6 is 11.6 Å². The van der Waals surface area contributed by atoms with Crippen molar-refractivity contribution in [3.8, 4) is 0 Å². The van der Waals surface area contributed by atoms with Gasteiger partial charge in [-0.3, -0.25) is 0 Å². The van der Waals surface area contributed by atoms with E-state index in [1.807, 2.05) is 6.07 Å². The molecule has 1 heterocycles. The SMILES string of the molecule is CCCC[C@H]1Cc2c(Cl)cccc2[C@@H](c2ccccc2)N1. The highest BCUT2D eigenvalue weighted by atomic mass is 35.5. The Labute approximate surface area is 132 Å². The predicted molar refractivity (Wildman–Crippen MR) is 89.9 cm³/mol. The zero-order chi connectivity index (χ0) is 14.7. The zero-order valence-corrected chi connectivity index (χ0v) is 13.2. The molecule has 0 unspecified atom stereocenters. The van der Waals surface area contributed by atoms with Crippen LogP contribution in [0.2, 0.25) is 5.02 Å². The molecular weight excluding hydrogens is 278 g/mol. The molecule has 2 aromatic carbocycles. The maximum atomic E-state index is 6.47. The molecule has 1 aliphatic heterocycles. The van der Waals surface area contributed by atoms with Gasteiger partial charge in [0.1, 0.15) is 0 Å². The van der Waals surface area contributed by atoms with Crippen LogP contribution in [0.1, 0.15) is 48.9 Å². The molecule has 3 rings (SSSR count). The second-order valence-electron chi connectivity index (χ2n) is 5.86. The highest BCUT2D eigenvalue weighted by molar-refractivity contribution is 6.31. The van der Waals surface area contributed by atoms with E-state index in [1.54, 1.807) is 0 Å². The number of unbranched alkanes of at least 4 members (excludes halogenated alkanes) is 1. The number of nitrogens with one attached hydrogen (secondary N) is 1. The van der Waals surface area contributed by atoms with E-state index in [-0.39, 0.29) is 6.04 Å². The molecule has 0 saturated heterocycles. The summed E-state index contributed by atoms with van der Waals surface area (Å²) in [6, 6.07) is 17.7. The Hall–Kier alpha value is -1.31. The summed E-state index contributed by atoms with van der Waals surface area (Å²) < 4.78 is 0. The first-order valence-electron chi connectivity index (χ1n) is 7.88. The Morgan fingerprint density at radius 2 is 1.90 bits per heavy atom. The highest BCUT2D eigenvalue weighted by Gasteiger charge is 2.28. The Morgan fingerprint density at radius 3 is 2.67 bits per heavy atom. The third kappa shape index (κ3) is 3.14. The van der Waals surface area contributed by atoms with Crippen molar-refractivity contribution in [2.75, 3.05) is 0 Å². The Morgan fingerprint density at radius 1 is 1.10 bits per heavy atom. The molecule has 2 heteroatoms. The van der Waals surface area contributed by atoms with E-state index in [1.165, 1.54) is 36.0 Å². The van der Waals surface area contributed by atoms with Gasteiger partial charge in [-0.15, -0.1) is 0 Å². The molecule has 21 heavy (non-hydrogen) atoms. The molecule has 0 fully saturated rings. The van der Waals surface area contributed by atoms with E-state index in [0.29, 0.717) is 6.04 Å². The first-order chi connectivity index (χ1) is 10.3. The van der Waals surface area contributed by atoms with Crippen molar-refractivity contribution >= 4 is 11.6 Å². The van der Waals surface area contributed by atoms with Gasteiger partial charge in [0.15, 0.2) is 0 Å². The van der Waals surface area contributed by atoms with Crippen LogP contribution in [-0.4, -0.2) is 6.04 Å². The van der Waals surface area contributed by atoms with Crippen molar-refractivity contribution in [3.63, 3.8) is 0 Å². The van der Waals surface area contributed by atoms with Crippen LogP contribution in [0.5, 0.6) is 0 Å². The average Bonchev–Trinajstić information content (AvgIpc) is 2.54. The summed E-state index contributed by atoms with van der Waals surface area (Å²) >= 11 is 6.47. The van der Waals surface area contributed by atoms with Crippen LogP contribution in [-0.2, 0) is 6.42 Å². The standard InChI is InChI=1S/C19H22ClN/c1-2-3-10-15-13-17-16(11-7-12-18(17)20)19(21-15)14-8-5-4-6-9-14/h4-9,11-12,15,19,21H,2-3,10,13H2,1H3/t15-,19+/m0/s1. The lowest BCUT2D eigenvalue weighted by atomic mass is 9.85. The van der Waals surface area contributed by atoms with Gasteiger partial charge in [0.2, 0.25) is 0 Å². The number of halogens is 1. The minimum absolute atomic E-state index is 0.260. The van der Waals surface area contributed by atoms with Crippen molar-refractivity contribution in [2.24, 2.45) is 0 Å². The average molecular weight is 300 g/mol. The fourth-order valence-electron chi connectivity index (χ4n) is 3.25. The molecule has 1 nitrogen and oxygen atoms in total. The molecule has 0 amide bonds. The summed E-state index contributed by atoms with van der Waals surface area (Å²) in [5.41, 5.74) is 3.98. The van der Waals surface area contributed by atoms with E-state index in [0.717, 1.165) is 11.4 Å². The lowest BCUT2D eigenvalue weighted by molar-refractivity contribution is 0.405. The quantitative estimate of drug-likeness (QED) is 0.825. The number of hydrogen-bond donors (Lipinski definition) is 1. The first-order valence-corrected chi connectivity index (χ1v) is 8.25. The van der Waals surface area contributed by atoms with E-state index in [2.05, 4.69) is 54.7 Å². The normalized spacial score (nSPS) is 21.0. The monoisotopic (exact) mass is 299 g/mol. The fraction of sp³-hybridized carbons (Fsp3) is 0.368. The third-order valence-electron chi connectivity index (χ3n) is 4.36. The summed E-state index contributed by atoms with van der Waals surface area (Å²) in [6.07, 6.45) is 4.76. The molecule has 110 valence electrons. The summed E-state index contributed by atoms with van der Waals surface area (Å²) in [4.78, 5) is 0. The molecule has 0 radical (unpaired) electrons. The second-order valence-corrected chi connectivity index (χ2v) is 6.27. The third-order valence-corrected chi connectivity index (χ3v) is 4.71. The molecule has 2 aromatic rings. The smallest absolute Gasteiger partial charge is 0.0582 e. The molecule has 0 saturated carbocycles. The highest BCUT2D eigenvalue weighted by Crippen LogP contribution is 2.35. The number of rotatable bonds is 4. The van der Waals surface area contributed by atoms with Crippen molar-refractivity contribution in [1.29, 1.82) is 0 Å². The van der Waals surface area contributed by atoms with E-state index in [4.69, 9.17) is 11.6 Å². The van der Waals surface area contributed by atoms with Crippen LogP contribution in [0.3, 0.4) is 0 Å². The Bertz CT molecular complexity index is 594. The van der Waals surface area contributed by atoms with Crippen molar-refractivity contribution < 1.29 is 0 Å². The van der Waals surface area contributed by atoms with E-state index < -0.39 is 0 Å². The molecule has 0 spiro atoms. The van der Waals surface area contributed by atoms with Gasteiger partial charge in [0, 0.05) is 11.1 Å². The largest absolute Gasteiger partial charge is 0.303 e. The summed E-state index contributed by atoms with van der Waals surface area (Å²) in [7, 11) is 0. The van der Waals surface area contributed by atoms with Gasteiger partial charge >= 0.3 is 0 Å². The van der Waals surface area contributed by atoms with Crippen molar-refractivity contribution in [1.82, 2.24) is 5.32 Å². The van der Waals surface area contributed by atoms with Crippen LogP contribution in [0.25, 0.3) is 0 Å².